The van der Waals surface area contributed by atoms with Crippen molar-refractivity contribution in [2.24, 2.45) is 0 Å². The molecule has 5 heteroatoms. The zero-order chi connectivity index (χ0) is 18.1. The number of aryl methyl sites for hydroxylation is 2. The molecular formula is C20H24O5. The molecule has 134 valence electrons. The molecule has 1 N–H and O–H groups in total. The Balaban J connectivity index is 1.66. The van der Waals surface area contributed by atoms with E-state index >= 15 is 0 Å². The highest BCUT2D eigenvalue weighted by Crippen LogP contribution is 2.15. The molecule has 0 heterocycles. The van der Waals surface area contributed by atoms with Crippen LogP contribution in [0.2, 0.25) is 0 Å². The second-order valence-electron chi connectivity index (χ2n) is 5.82. The van der Waals surface area contributed by atoms with E-state index in [1.807, 2.05) is 50.2 Å². The maximum atomic E-state index is 11.3. The molecule has 5 nitrogen and oxygen atoms in total. The van der Waals surface area contributed by atoms with Crippen molar-refractivity contribution >= 4 is 5.97 Å². The van der Waals surface area contributed by atoms with Gasteiger partial charge in [0.2, 0.25) is 0 Å². The van der Waals surface area contributed by atoms with E-state index in [0.717, 1.165) is 11.3 Å². The Morgan fingerprint density at radius 1 is 0.880 bits per heavy atom. The summed E-state index contributed by atoms with van der Waals surface area (Å²) >= 11 is 0. The third-order valence-electron chi connectivity index (χ3n) is 3.62. The molecule has 0 bridgehead atoms. The van der Waals surface area contributed by atoms with Crippen molar-refractivity contribution in [1.29, 1.82) is 0 Å². The summed E-state index contributed by atoms with van der Waals surface area (Å²) in [5.41, 5.74) is 2.27. The smallest absolute Gasteiger partial charge is 0.344 e. The lowest BCUT2D eigenvalue weighted by Gasteiger charge is -2.15. The van der Waals surface area contributed by atoms with Crippen molar-refractivity contribution in [1.82, 2.24) is 0 Å². The summed E-state index contributed by atoms with van der Waals surface area (Å²) in [7, 11) is 0. The van der Waals surface area contributed by atoms with E-state index in [1.165, 1.54) is 5.56 Å². The van der Waals surface area contributed by atoms with Gasteiger partial charge in [0.25, 0.3) is 0 Å². The largest absolute Gasteiger partial charge is 0.491 e. The highest BCUT2D eigenvalue weighted by atomic mass is 16.5. The van der Waals surface area contributed by atoms with Gasteiger partial charge in [0.15, 0.2) is 6.10 Å². The number of aliphatic carboxylic acids is 1. The lowest BCUT2D eigenvalue weighted by molar-refractivity contribution is -0.146. The second-order valence-corrected chi connectivity index (χ2v) is 5.82. The van der Waals surface area contributed by atoms with E-state index in [0.29, 0.717) is 25.6 Å². The average Bonchev–Trinajstić information content (AvgIpc) is 2.60. The van der Waals surface area contributed by atoms with Gasteiger partial charge >= 0.3 is 5.97 Å². The van der Waals surface area contributed by atoms with Crippen LogP contribution in [-0.2, 0) is 9.53 Å². The summed E-state index contributed by atoms with van der Waals surface area (Å²) in [5.74, 6) is 0.334. The fraction of sp³-hybridized carbons (Fsp3) is 0.350. The molecule has 0 radical (unpaired) electrons. The Labute approximate surface area is 148 Å². The van der Waals surface area contributed by atoms with Crippen LogP contribution >= 0.6 is 0 Å². The number of hydrogen-bond acceptors (Lipinski definition) is 4. The second kappa shape index (κ2) is 9.69. The Bertz CT molecular complexity index is 649. The van der Waals surface area contributed by atoms with Crippen LogP contribution in [0.4, 0.5) is 0 Å². The Morgan fingerprint density at radius 3 is 2.00 bits per heavy atom. The quantitative estimate of drug-likeness (QED) is 0.667. The van der Waals surface area contributed by atoms with Crippen LogP contribution in [0.15, 0.2) is 48.5 Å². The normalized spacial score (nSPS) is 11.8. The van der Waals surface area contributed by atoms with Crippen LogP contribution in [0, 0.1) is 13.8 Å². The summed E-state index contributed by atoms with van der Waals surface area (Å²) in [6.07, 6.45) is -0.658. The number of carboxylic acids is 1. The molecule has 0 fully saturated rings. The third kappa shape index (κ3) is 6.85. The van der Waals surface area contributed by atoms with Gasteiger partial charge in [-0.15, -0.1) is 0 Å². The van der Waals surface area contributed by atoms with Crippen molar-refractivity contribution in [3.63, 3.8) is 0 Å². The van der Waals surface area contributed by atoms with Crippen LogP contribution in [0.25, 0.3) is 0 Å². The van der Waals surface area contributed by atoms with Crippen LogP contribution in [0.3, 0.4) is 0 Å². The van der Waals surface area contributed by atoms with E-state index in [2.05, 4.69) is 0 Å². The minimum absolute atomic E-state index is 0.272. The minimum atomic E-state index is -1.000. The lowest BCUT2D eigenvalue weighted by atomic mass is 10.2. The molecule has 0 aliphatic carbocycles. The minimum Gasteiger partial charge on any atom is -0.491 e. The van der Waals surface area contributed by atoms with Crippen molar-refractivity contribution in [3.8, 4) is 11.5 Å². The average molecular weight is 344 g/mol. The molecule has 0 aliphatic rings. The first-order chi connectivity index (χ1) is 12.0. The standard InChI is InChI=1S/C20H24O5/c1-15-3-7-17(8-4-15)24-14-13-23-12-11-19(20(21)22)25-18-9-5-16(2)6-10-18/h3-10,19H,11-14H2,1-2H3,(H,21,22). The van der Waals surface area contributed by atoms with Gasteiger partial charge < -0.3 is 19.3 Å². The summed E-state index contributed by atoms with van der Waals surface area (Å²) < 4.78 is 16.5. The highest BCUT2D eigenvalue weighted by molar-refractivity contribution is 5.72. The predicted octanol–water partition coefficient (Wildman–Crippen LogP) is 3.62. The highest BCUT2D eigenvalue weighted by Gasteiger charge is 2.19. The molecular weight excluding hydrogens is 320 g/mol. The monoisotopic (exact) mass is 344 g/mol. The maximum Gasteiger partial charge on any atom is 0.344 e. The van der Waals surface area contributed by atoms with Crippen molar-refractivity contribution in [2.75, 3.05) is 19.8 Å². The van der Waals surface area contributed by atoms with Crippen LogP contribution in [0.1, 0.15) is 17.5 Å². The summed E-state index contributed by atoms with van der Waals surface area (Å²) in [6, 6.07) is 15.1. The predicted molar refractivity (Wildman–Crippen MR) is 95.3 cm³/mol. The third-order valence-corrected chi connectivity index (χ3v) is 3.62. The van der Waals surface area contributed by atoms with Gasteiger partial charge in [-0.2, -0.15) is 0 Å². The number of benzene rings is 2. The fourth-order valence-electron chi connectivity index (χ4n) is 2.16. The molecule has 1 atom stereocenters. The molecule has 0 saturated carbocycles. The van der Waals surface area contributed by atoms with Crippen molar-refractivity contribution in [3.05, 3.63) is 59.7 Å². The maximum absolute atomic E-state index is 11.3. The zero-order valence-electron chi connectivity index (χ0n) is 14.6. The van der Waals surface area contributed by atoms with E-state index in [1.54, 1.807) is 12.1 Å². The molecule has 0 aliphatic heterocycles. The van der Waals surface area contributed by atoms with Gasteiger partial charge in [0.1, 0.15) is 18.1 Å². The Kier molecular flexibility index (Phi) is 7.29. The Morgan fingerprint density at radius 2 is 1.44 bits per heavy atom. The van der Waals surface area contributed by atoms with Crippen LogP contribution in [0.5, 0.6) is 11.5 Å². The SMILES string of the molecule is Cc1ccc(OCCOCCC(Oc2ccc(C)cc2)C(=O)O)cc1. The van der Waals surface area contributed by atoms with Gasteiger partial charge in [-0.3, -0.25) is 0 Å². The number of hydrogen-bond donors (Lipinski definition) is 1. The molecule has 2 aromatic carbocycles. The summed E-state index contributed by atoms with van der Waals surface area (Å²) in [5, 5.41) is 9.26. The van der Waals surface area contributed by atoms with Crippen LogP contribution in [-0.4, -0.2) is 37.0 Å². The number of ether oxygens (including phenoxy) is 3. The summed E-state index contributed by atoms with van der Waals surface area (Å²) in [4.78, 5) is 11.3. The molecule has 0 aromatic heterocycles. The van der Waals surface area contributed by atoms with E-state index in [9.17, 15) is 9.90 Å². The first-order valence-corrected chi connectivity index (χ1v) is 8.28. The topological polar surface area (TPSA) is 65.0 Å². The lowest BCUT2D eigenvalue weighted by Crippen LogP contribution is -2.28. The number of carboxylic acid groups (broad SMARTS) is 1. The molecule has 2 rings (SSSR count). The summed E-state index contributed by atoms with van der Waals surface area (Å²) in [6.45, 7) is 5.08. The Hall–Kier alpha value is -2.53. The zero-order valence-corrected chi connectivity index (χ0v) is 14.6. The van der Waals surface area contributed by atoms with Gasteiger partial charge in [0, 0.05) is 6.42 Å². The first-order valence-electron chi connectivity index (χ1n) is 8.28. The molecule has 0 spiro atoms. The molecule has 1 unspecified atom stereocenters. The van der Waals surface area contributed by atoms with E-state index in [-0.39, 0.29) is 6.42 Å². The van der Waals surface area contributed by atoms with Gasteiger partial charge in [-0.25, -0.2) is 4.79 Å². The van der Waals surface area contributed by atoms with Gasteiger partial charge in [-0.1, -0.05) is 35.4 Å². The van der Waals surface area contributed by atoms with Crippen LogP contribution < -0.4 is 9.47 Å². The van der Waals surface area contributed by atoms with Crippen molar-refractivity contribution < 1.29 is 24.1 Å². The molecule has 0 saturated heterocycles. The number of rotatable bonds is 10. The number of carbonyl (C=O) groups is 1. The first kappa shape index (κ1) is 18.8. The van der Waals surface area contributed by atoms with Gasteiger partial charge in [-0.05, 0) is 38.1 Å². The molecule has 2 aromatic rings. The van der Waals surface area contributed by atoms with Gasteiger partial charge in [0.05, 0.1) is 13.2 Å². The fourth-order valence-corrected chi connectivity index (χ4v) is 2.16. The van der Waals surface area contributed by atoms with E-state index in [4.69, 9.17) is 14.2 Å². The van der Waals surface area contributed by atoms with Crippen molar-refractivity contribution in [2.45, 2.75) is 26.4 Å². The molecule has 0 amide bonds. The molecule has 25 heavy (non-hydrogen) atoms. The van der Waals surface area contributed by atoms with E-state index < -0.39 is 12.1 Å².